The molecule has 0 spiro atoms. The van der Waals surface area contributed by atoms with E-state index in [0.717, 1.165) is 5.57 Å². The van der Waals surface area contributed by atoms with Gasteiger partial charge in [-0.1, -0.05) is 24.3 Å². The predicted molar refractivity (Wildman–Crippen MR) is 102 cm³/mol. The molecule has 1 atom stereocenters. The van der Waals surface area contributed by atoms with Crippen LogP contribution < -0.4 is 4.74 Å². The van der Waals surface area contributed by atoms with Crippen LogP contribution in [0.15, 0.2) is 59.9 Å². The van der Waals surface area contributed by atoms with E-state index in [1.54, 1.807) is 30.4 Å². The molecule has 27 heavy (non-hydrogen) atoms. The predicted octanol–water partition coefficient (Wildman–Crippen LogP) is 3.29. The molecule has 6 heteroatoms. The fourth-order valence-electron chi connectivity index (χ4n) is 2.49. The van der Waals surface area contributed by atoms with Gasteiger partial charge in [0, 0.05) is 13.5 Å². The van der Waals surface area contributed by atoms with Gasteiger partial charge in [0.25, 0.3) is 0 Å². The normalized spacial score (nSPS) is 17.0. The van der Waals surface area contributed by atoms with Crippen molar-refractivity contribution in [2.45, 2.75) is 18.9 Å². The number of carbonyl (C=O) groups is 2. The zero-order valence-electron chi connectivity index (χ0n) is 15.2. The fourth-order valence-corrected chi connectivity index (χ4v) is 2.49. The molecule has 1 aliphatic carbocycles. The molecule has 0 aliphatic heterocycles. The monoisotopic (exact) mass is 370 g/mol. The number of benzene rings is 1. The summed E-state index contributed by atoms with van der Waals surface area (Å²) < 4.78 is 10.1. The van der Waals surface area contributed by atoms with Gasteiger partial charge in [0.15, 0.2) is 23.1 Å². The quantitative estimate of drug-likeness (QED) is 0.539. The summed E-state index contributed by atoms with van der Waals surface area (Å²) in [6, 6.07) is 4.69. The summed E-state index contributed by atoms with van der Waals surface area (Å²) in [6.45, 7) is 0. The molecule has 0 saturated heterocycles. The van der Waals surface area contributed by atoms with E-state index < -0.39 is 6.10 Å². The number of methoxy groups -OCH3 is 2. The van der Waals surface area contributed by atoms with Crippen LogP contribution in [-0.2, 0) is 14.3 Å². The molecule has 1 unspecified atom stereocenters. The van der Waals surface area contributed by atoms with E-state index in [2.05, 4.69) is 0 Å². The molecule has 0 saturated carbocycles. The molecule has 0 heterocycles. The van der Waals surface area contributed by atoms with E-state index >= 15 is 0 Å². The molecule has 0 amide bonds. The van der Waals surface area contributed by atoms with E-state index in [0.29, 0.717) is 17.7 Å². The third-order valence-corrected chi connectivity index (χ3v) is 4.00. The molecule has 0 aromatic heterocycles. The Morgan fingerprint density at radius 1 is 1.11 bits per heavy atom. The molecule has 6 nitrogen and oxygen atoms in total. The maximum atomic E-state index is 12.0. The number of aliphatic hydroxyl groups excluding tert-OH is 1. The molecular formula is C21H22O6. The zero-order chi connectivity index (χ0) is 19.8. The number of ketones is 2. The largest absolute Gasteiger partial charge is 0.510 e. The Kier molecular flexibility index (Phi) is 7.14. The molecule has 2 N–H and O–H groups in total. The van der Waals surface area contributed by atoms with Crippen LogP contribution in [0.2, 0.25) is 0 Å². The standard InChI is InChI=1S/C21H22O6/c1-26-20-11-14(5-9-18(20)24)3-7-16(22)13-17(23)8-4-15-6-10-19(25)21(12-15)27-2/h3-11,21,24-25H,12-13H2,1-2H3. The zero-order valence-corrected chi connectivity index (χ0v) is 15.2. The number of allylic oxidation sites excluding steroid dienone is 5. The van der Waals surface area contributed by atoms with Gasteiger partial charge in [-0.25, -0.2) is 0 Å². The number of hydrogen-bond donors (Lipinski definition) is 2. The van der Waals surface area contributed by atoms with Crippen molar-refractivity contribution in [1.29, 1.82) is 0 Å². The number of rotatable bonds is 8. The summed E-state index contributed by atoms with van der Waals surface area (Å²) in [6.07, 6.45) is 8.88. The molecular weight excluding hydrogens is 348 g/mol. The minimum Gasteiger partial charge on any atom is -0.510 e. The van der Waals surface area contributed by atoms with E-state index in [1.807, 2.05) is 0 Å². The van der Waals surface area contributed by atoms with Crippen molar-refractivity contribution >= 4 is 17.6 Å². The Labute approximate surface area is 157 Å². The first-order chi connectivity index (χ1) is 12.9. The Morgan fingerprint density at radius 3 is 2.48 bits per heavy atom. The summed E-state index contributed by atoms with van der Waals surface area (Å²) in [5.74, 6) is -0.189. The molecule has 142 valence electrons. The second-order valence-corrected chi connectivity index (χ2v) is 5.97. The highest BCUT2D eigenvalue weighted by molar-refractivity contribution is 6.09. The molecule has 1 aliphatic rings. The molecule has 2 rings (SSSR count). The van der Waals surface area contributed by atoms with Crippen LogP contribution >= 0.6 is 0 Å². The first-order valence-corrected chi connectivity index (χ1v) is 8.34. The average molecular weight is 370 g/mol. The number of aliphatic hydroxyl groups is 1. The van der Waals surface area contributed by atoms with Gasteiger partial charge in [-0.15, -0.1) is 0 Å². The van der Waals surface area contributed by atoms with Gasteiger partial charge < -0.3 is 19.7 Å². The maximum absolute atomic E-state index is 12.0. The van der Waals surface area contributed by atoms with Crippen molar-refractivity contribution < 1.29 is 29.3 Å². The van der Waals surface area contributed by atoms with Crippen LogP contribution in [0.25, 0.3) is 6.08 Å². The summed E-state index contributed by atoms with van der Waals surface area (Å²) >= 11 is 0. The number of aromatic hydroxyl groups is 1. The van der Waals surface area contributed by atoms with Gasteiger partial charge in [0.2, 0.25) is 0 Å². The summed E-state index contributed by atoms with van der Waals surface area (Å²) in [4.78, 5) is 23.9. The van der Waals surface area contributed by atoms with Gasteiger partial charge >= 0.3 is 0 Å². The van der Waals surface area contributed by atoms with Crippen LogP contribution in [0.3, 0.4) is 0 Å². The molecule has 1 aromatic carbocycles. The second kappa shape index (κ2) is 9.54. The van der Waals surface area contributed by atoms with Gasteiger partial charge in [-0.2, -0.15) is 0 Å². The lowest BCUT2D eigenvalue weighted by Crippen LogP contribution is -2.16. The van der Waals surface area contributed by atoms with Crippen LogP contribution in [0, 0.1) is 0 Å². The molecule has 0 radical (unpaired) electrons. The number of phenols is 1. The highest BCUT2D eigenvalue weighted by atomic mass is 16.5. The lowest BCUT2D eigenvalue weighted by molar-refractivity contribution is -0.121. The number of hydrogen-bond acceptors (Lipinski definition) is 6. The van der Waals surface area contributed by atoms with Crippen molar-refractivity contribution in [2.24, 2.45) is 0 Å². The number of ether oxygens (including phenoxy) is 2. The minimum atomic E-state index is -0.420. The van der Waals surface area contributed by atoms with Crippen LogP contribution in [0.5, 0.6) is 11.5 Å². The summed E-state index contributed by atoms with van der Waals surface area (Å²) in [5.41, 5.74) is 1.50. The first kappa shape index (κ1) is 20.2. The maximum Gasteiger partial charge on any atom is 0.163 e. The van der Waals surface area contributed by atoms with Crippen molar-refractivity contribution in [3.8, 4) is 11.5 Å². The van der Waals surface area contributed by atoms with E-state index in [4.69, 9.17) is 9.47 Å². The number of phenolic OH excluding ortho intramolecular Hbond substituents is 1. The molecule has 1 aromatic rings. The highest BCUT2D eigenvalue weighted by Gasteiger charge is 2.17. The third kappa shape index (κ3) is 5.97. The second-order valence-electron chi connectivity index (χ2n) is 5.97. The first-order valence-electron chi connectivity index (χ1n) is 8.34. The van der Waals surface area contributed by atoms with Crippen molar-refractivity contribution in [2.75, 3.05) is 14.2 Å². The highest BCUT2D eigenvalue weighted by Crippen LogP contribution is 2.26. The van der Waals surface area contributed by atoms with Crippen molar-refractivity contribution in [1.82, 2.24) is 0 Å². The minimum absolute atomic E-state index is 0.0113. The Bertz CT molecular complexity index is 829. The van der Waals surface area contributed by atoms with E-state index in [1.165, 1.54) is 38.5 Å². The SMILES string of the molecule is COc1cc(C=CC(=O)CC(=O)C=CC2=CC=C(O)C(OC)C2)ccc1O. The van der Waals surface area contributed by atoms with Gasteiger partial charge in [-0.3, -0.25) is 9.59 Å². The van der Waals surface area contributed by atoms with E-state index in [9.17, 15) is 19.8 Å². The topological polar surface area (TPSA) is 93.1 Å². The lowest BCUT2D eigenvalue weighted by atomic mass is 10.00. The van der Waals surface area contributed by atoms with Crippen LogP contribution in [0.4, 0.5) is 0 Å². The fraction of sp³-hybridized carbons (Fsp3) is 0.238. The Morgan fingerprint density at radius 2 is 1.81 bits per heavy atom. The average Bonchev–Trinajstić information content (AvgIpc) is 2.66. The molecule has 0 bridgehead atoms. The van der Waals surface area contributed by atoms with Crippen LogP contribution in [0.1, 0.15) is 18.4 Å². The molecule has 0 fully saturated rings. The smallest absolute Gasteiger partial charge is 0.163 e. The number of carbonyl (C=O) groups excluding carboxylic acids is 2. The Balaban J connectivity index is 1.91. The van der Waals surface area contributed by atoms with Crippen molar-refractivity contribution in [3.63, 3.8) is 0 Å². The Hall–Kier alpha value is -3.12. The van der Waals surface area contributed by atoms with E-state index in [-0.39, 0.29) is 29.5 Å². The third-order valence-electron chi connectivity index (χ3n) is 4.00. The van der Waals surface area contributed by atoms with Crippen LogP contribution in [-0.4, -0.2) is 42.1 Å². The lowest BCUT2D eigenvalue weighted by Gasteiger charge is -2.18. The summed E-state index contributed by atoms with van der Waals surface area (Å²) in [7, 11) is 2.94. The summed E-state index contributed by atoms with van der Waals surface area (Å²) in [5, 5.41) is 19.2. The van der Waals surface area contributed by atoms with Crippen molar-refractivity contribution in [3.05, 3.63) is 65.5 Å². The van der Waals surface area contributed by atoms with Gasteiger partial charge in [0.1, 0.15) is 11.9 Å². The van der Waals surface area contributed by atoms with Gasteiger partial charge in [0.05, 0.1) is 13.5 Å². The van der Waals surface area contributed by atoms with Gasteiger partial charge in [-0.05, 0) is 41.5 Å².